The number of nitrogens with zero attached hydrogens (tertiary/aromatic N) is 3. The van der Waals surface area contributed by atoms with Crippen LogP contribution in [0, 0.1) is 0 Å². The standard InChI is InChI=1S/C27H28ClN5O4/c28-21-12-29-27(30-18-7-9-36-10-8-18)32-25(21)16-5-6-17-13-33(26(35)20(17)11-16)14-24(34)31-22-15-37-23-4-2-1-3-19(22)23/h1-6,11-12,18,22,24,31,34H,7-10,13-15H2,(H,29,30,32). The molecular weight excluding hydrogens is 494 g/mol. The van der Waals surface area contributed by atoms with E-state index in [1.807, 2.05) is 42.5 Å². The third-order valence-electron chi connectivity index (χ3n) is 7.05. The third kappa shape index (κ3) is 5.00. The van der Waals surface area contributed by atoms with Gasteiger partial charge in [-0.15, -0.1) is 0 Å². The first-order chi connectivity index (χ1) is 18.0. The molecule has 192 valence electrons. The third-order valence-corrected chi connectivity index (χ3v) is 7.32. The van der Waals surface area contributed by atoms with Gasteiger partial charge in [-0.1, -0.05) is 41.9 Å². The number of amides is 1. The van der Waals surface area contributed by atoms with Gasteiger partial charge >= 0.3 is 0 Å². The van der Waals surface area contributed by atoms with Crippen LogP contribution in [0.2, 0.25) is 5.02 Å². The van der Waals surface area contributed by atoms with Crippen molar-refractivity contribution >= 4 is 23.5 Å². The zero-order chi connectivity index (χ0) is 25.4. The monoisotopic (exact) mass is 521 g/mol. The van der Waals surface area contributed by atoms with Crippen molar-refractivity contribution in [3.63, 3.8) is 0 Å². The van der Waals surface area contributed by atoms with E-state index in [4.69, 9.17) is 21.1 Å². The Morgan fingerprint density at radius 1 is 1.19 bits per heavy atom. The highest BCUT2D eigenvalue weighted by Gasteiger charge is 2.31. The molecule has 1 fully saturated rings. The second kappa shape index (κ2) is 10.3. The predicted octanol–water partition coefficient (Wildman–Crippen LogP) is 3.39. The number of benzene rings is 2. The Morgan fingerprint density at radius 2 is 2.03 bits per heavy atom. The molecule has 3 aliphatic heterocycles. The van der Waals surface area contributed by atoms with E-state index in [1.54, 1.807) is 11.1 Å². The Kier molecular flexibility index (Phi) is 6.69. The van der Waals surface area contributed by atoms with Gasteiger partial charge in [0, 0.05) is 42.5 Å². The van der Waals surface area contributed by atoms with Crippen molar-refractivity contribution in [2.45, 2.75) is 37.7 Å². The van der Waals surface area contributed by atoms with Crippen molar-refractivity contribution in [3.05, 3.63) is 70.4 Å². The molecule has 2 unspecified atom stereocenters. The molecule has 1 amide bonds. The highest BCUT2D eigenvalue weighted by molar-refractivity contribution is 6.33. The van der Waals surface area contributed by atoms with Crippen LogP contribution in [0.1, 0.15) is 40.4 Å². The van der Waals surface area contributed by atoms with Crippen LogP contribution >= 0.6 is 11.6 Å². The van der Waals surface area contributed by atoms with E-state index in [0.717, 1.165) is 35.3 Å². The summed E-state index contributed by atoms with van der Waals surface area (Å²) in [5, 5.41) is 17.7. The largest absolute Gasteiger partial charge is 0.491 e. The maximum atomic E-state index is 13.2. The van der Waals surface area contributed by atoms with Crippen molar-refractivity contribution in [1.29, 1.82) is 0 Å². The lowest BCUT2D eigenvalue weighted by Gasteiger charge is -2.23. The number of fused-ring (bicyclic) bond motifs is 2. The lowest BCUT2D eigenvalue weighted by atomic mass is 10.0. The van der Waals surface area contributed by atoms with Gasteiger partial charge in [-0.3, -0.25) is 10.1 Å². The average Bonchev–Trinajstić information content (AvgIpc) is 3.46. The molecular formula is C27H28ClN5O4. The van der Waals surface area contributed by atoms with Crippen molar-refractivity contribution < 1.29 is 19.4 Å². The summed E-state index contributed by atoms with van der Waals surface area (Å²) in [7, 11) is 0. The summed E-state index contributed by atoms with van der Waals surface area (Å²) in [5.41, 5.74) is 3.82. The number of hydrogen-bond acceptors (Lipinski definition) is 8. The van der Waals surface area contributed by atoms with Gasteiger partial charge in [0.25, 0.3) is 5.91 Å². The van der Waals surface area contributed by atoms with Crippen LogP contribution in [-0.4, -0.2) is 64.5 Å². The van der Waals surface area contributed by atoms with Crippen LogP contribution in [0.25, 0.3) is 11.3 Å². The molecule has 0 aliphatic carbocycles. The molecule has 0 saturated carbocycles. The van der Waals surface area contributed by atoms with E-state index in [9.17, 15) is 9.90 Å². The highest BCUT2D eigenvalue weighted by Crippen LogP contribution is 2.33. The van der Waals surface area contributed by atoms with Crippen LogP contribution < -0.4 is 15.4 Å². The quantitative estimate of drug-likeness (QED) is 0.406. The van der Waals surface area contributed by atoms with Crippen molar-refractivity contribution in [3.8, 4) is 17.0 Å². The van der Waals surface area contributed by atoms with Gasteiger partial charge in [-0.05, 0) is 30.5 Å². The van der Waals surface area contributed by atoms with Gasteiger partial charge in [-0.2, -0.15) is 0 Å². The first-order valence-corrected chi connectivity index (χ1v) is 12.9. The number of rotatable bonds is 7. The fourth-order valence-corrected chi connectivity index (χ4v) is 5.31. The summed E-state index contributed by atoms with van der Waals surface area (Å²) >= 11 is 6.46. The maximum Gasteiger partial charge on any atom is 0.254 e. The number of aliphatic hydroxyl groups excluding tert-OH is 1. The Balaban J connectivity index is 1.14. The highest BCUT2D eigenvalue weighted by atomic mass is 35.5. The van der Waals surface area contributed by atoms with Gasteiger partial charge in [0.05, 0.1) is 29.5 Å². The summed E-state index contributed by atoms with van der Waals surface area (Å²) < 4.78 is 11.1. The molecule has 37 heavy (non-hydrogen) atoms. The minimum Gasteiger partial charge on any atom is -0.491 e. The Morgan fingerprint density at radius 3 is 2.89 bits per heavy atom. The number of para-hydroxylation sites is 1. The minimum atomic E-state index is -0.896. The van der Waals surface area contributed by atoms with Crippen molar-refractivity contribution in [2.75, 3.05) is 31.7 Å². The number of ether oxygens (including phenoxy) is 2. The lowest BCUT2D eigenvalue weighted by molar-refractivity contribution is 0.0524. The number of nitrogens with one attached hydrogen (secondary N) is 2. The van der Waals surface area contributed by atoms with Gasteiger partial charge in [0.15, 0.2) is 0 Å². The van der Waals surface area contributed by atoms with Crippen LogP contribution in [0.15, 0.2) is 48.7 Å². The molecule has 10 heteroatoms. The van der Waals surface area contributed by atoms with E-state index < -0.39 is 6.23 Å². The zero-order valence-corrected chi connectivity index (χ0v) is 20.9. The number of aliphatic hydroxyl groups is 1. The molecule has 4 heterocycles. The number of aromatic nitrogens is 2. The second-order valence-corrected chi connectivity index (χ2v) is 9.97. The number of halogens is 1. The molecule has 3 aliphatic rings. The molecule has 0 spiro atoms. The van der Waals surface area contributed by atoms with Gasteiger partial charge in [0.1, 0.15) is 18.6 Å². The summed E-state index contributed by atoms with van der Waals surface area (Å²) in [6, 6.07) is 13.6. The summed E-state index contributed by atoms with van der Waals surface area (Å²) in [4.78, 5) is 23.9. The Labute approximate surface area is 219 Å². The lowest BCUT2D eigenvalue weighted by Crippen LogP contribution is -2.43. The SMILES string of the molecule is O=C1c2cc(-c3nc(NC4CCOCC4)ncc3Cl)ccc2CN1CC(O)NC1COc2ccccc21. The molecule has 1 aromatic heterocycles. The fourth-order valence-electron chi connectivity index (χ4n) is 5.11. The molecule has 2 atom stereocenters. The van der Waals surface area contributed by atoms with E-state index in [-0.39, 0.29) is 24.5 Å². The van der Waals surface area contributed by atoms with Crippen LogP contribution in [0.5, 0.6) is 5.75 Å². The molecule has 0 radical (unpaired) electrons. The average molecular weight is 522 g/mol. The van der Waals surface area contributed by atoms with E-state index >= 15 is 0 Å². The van der Waals surface area contributed by atoms with Crippen LogP contribution in [0.4, 0.5) is 5.95 Å². The van der Waals surface area contributed by atoms with Gasteiger partial charge < -0.3 is 24.8 Å². The number of β-amino-alcohol motifs (C(OH)–C–C–N with tert-alkyl or cyclic N) is 1. The molecule has 3 N–H and O–H groups in total. The smallest absolute Gasteiger partial charge is 0.254 e. The molecule has 1 saturated heterocycles. The topological polar surface area (TPSA) is 109 Å². The normalized spacial score (nSPS) is 19.9. The van der Waals surface area contributed by atoms with Crippen LogP contribution in [0.3, 0.4) is 0 Å². The molecule has 0 bridgehead atoms. The van der Waals surface area contributed by atoms with E-state index in [1.165, 1.54) is 0 Å². The maximum absolute atomic E-state index is 13.2. The second-order valence-electron chi connectivity index (χ2n) is 9.56. The summed E-state index contributed by atoms with van der Waals surface area (Å²) in [5.74, 6) is 1.19. The number of carbonyl (C=O) groups is 1. The number of hydrogen-bond donors (Lipinski definition) is 3. The summed E-state index contributed by atoms with van der Waals surface area (Å²) in [6.07, 6.45) is 2.48. The van der Waals surface area contributed by atoms with Crippen molar-refractivity contribution in [1.82, 2.24) is 20.2 Å². The number of anilines is 1. The molecule has 9 nitrogen and oxygen atoms in total. The number of carbonyl (C=O) groups excluding carboxylic acids is 1. The van der Waals surface area contributed by atoms with E-state index in [0.29, 0.717) is 48.6 Å². The van der Waals surface area contributed by atoms with Crippen molar-refractivity contribution in [2.24, 2.45) is 0 Å². The molecule has 6 rings (SSSR count). The van der Waals surface area contributed by atoms with E-state index in [2.05, 4.69) is 20.6 Å². The van der Waals surface area contributed by atoms with Crippen LogP contribution in [-0.2, 0) is 11.3 Å². The predicted molar refractivity (Wildman–Crippen MR) is 139 cm³/mol. The van der Waals surface area contributed by atoms with Gasteiger partial charge in [0.2, 0.25) is 5.95 Å². The first-order valence-electron chi connectivity index (χ1n) is 12.5. The zero-order valence-electron chi connectivity index (χ0n) is 20.2. The fraction of sp³-hybridized carbons (Fsp3) is 0.370. The first kappa shape index (κ1) is 24.1. The Hall–Kier alpha value is -3.24. The Bertz CT molecular complexity index is 1320. The molecule has 3 aromatic rings. The van der Waals surface area contributed by atoms with Gasteiger partial charge in [-0.25, -0.2) is 9.97 Å². The summed E-state index contributed by atoms with van der Waals surface area (Å²) in [6.45, 7) is 2.47. The minimum absolute atomic E-state index is 0.123. The molecule has 2 aromatic carbocycles.